The summed E-state index contributed by atoms with van der Waals surface area (Å²) < 4.78 is 51.7. The Bertz CT molecular complexity index is 1350. The Labute approximate surface area is 205 Å². The van der Waals surface area contributed by atoms with Gasteiger partial charge in [-0.25, -0.2) is 9.97 Å². The Morgan fingerprint density at radius 3 is 2.43 bits per heavy atom. The summed E-state index contributed by atoms with van der Waals surface area (Å²) in [5.74, 6) is 1.31. The molecule has 182 valence electrons. The molecule has 4 aromatic rings. The van der Waals surface area contributed by atoms with Crippen LogP contribution in [0.2, 0.25) is 5.28 Å². The molecular weight excluding hydrogens is 479 g/mol. The lowest BCUT2D eigenvalue weighted by atomic mass is 9.97. The molecule has 1 N–H and O–H groups in total. The van der Waals surface area contributed by atoms with Crippen LogP contribution in [0.15, 0.2) is 60.7 Å². The maximum atomic E-state index is 13.4. The Morgan fingerprint density at radius 1 is 1.00 bits per heavy atom. The number of alkyl halides is 3. The molecule has 0 radical (unpaired) electrons. The summed E-state index contributed by atoms with van der Waals surface area (Å²) in [6.45, 7) is 3.54. The van der Waals surface area contributed by atoms with Gasteiger partial charge >= 0.3 is 6.18 Å². The van der Waals surface area contributed by atoms with Gasteiger partial charge in [0.15, 0.2) is 11.5 Å². The van der Waals surface area contributed by atoms with Gasteiger partial charge in [0.05, 0.1) is 24.2 Å². The van der Waals surface area contributed by atoms with E-state index in [0.717, 1.165) is 11.6 Å². The number of nitrogens with zero attached hydrogens (tertiary/aromatic N) is 2. The summed E-state index contributed by atoms with van der Waals surface area (Å²) in [4.78, 5) is 8.59. The van der Waals surface area contributed by atoms with Gasteiger partial charge in [0.2, 0.25) is 5.28 Å². The zero-order valence-corrected chi connectivity index (χ0v) is 20.0. The summed E-state index contributed by atoms with van der Waals surface area (Å²) in [7, 11) is 1.52. The van der Waals surface area contributed by atoms with Crippen LogP contribution in [0.3, 0.4) is 0 Å². The van der Waals surface area contributed by atoms with Gasteiger partial charge in [-0.3, -0.25) is 0 Å². The molecule has 0 amide bonds. The van der Waals surface area contributed by atoms with Gasteiger partial charge in [0.25, 0.3) is 0 Å². The van der Waals surface area contributed by atoms with Gasteiger partial charge in [-0.2, -0.15) is 13.2 Å². The van der Waals surface area contributed by atoms with Gasteiger partial charge in [-0.15, -0.1) is 0 Å². The summed E-state index contributed by atoms with van der Waals surface area (Å²) in [5.41, 5.74) is 1.46. The standard InChI is InChI=1S/C26H23ClF3N3O2/c1-15-18(10-7-11-20(15)26(28,29)30)16(2)31-24-19-12-23(35-14-17-8-5-4-6-9-17)22(34-3)13-21(19)32-25(27)33-24/h4-13,16H,14H2,1-3H3,(H,31,32,33)/t16-/m1/s1. The number of hydrogen-bond donors (Lipinski definition) is 1. The van der Waals surface area contributed by atoms with Gasteiger partial charge in [-0.05, 0) is 54.3 Å². The molecule has 0 saturated heterocycles. The number of methoxy groups -OCH3 is 1. The molecule has 4 rings (SSSR count). The lowest BCUT2D eigenvalue weighted by Gasteiger charge is -2.21. The Morgan fingerprint density at radius 2 is 1.74 bits per heavy atom. The molecule has 0 bridgehead atoms. The van der Waals surface area contributed by atoms with Crippen LogP contribution in [-0.4, -0.2) is 17.1 Å². The molecule has 1 atom stereocenters. The molecule has 0 aliphatic rings. The highest BCUT2D eigenvalue weighted by molar-refractivity contribution is 6.28. The van der Waals surface area contributed by atoms with Crippen LogP contribution in [0.1, 0.15) is 35.2 Å². The zero-order chi connectivity index (χ0) is 25.2. The second-order valence-corrected chi connectivity index (χ2v) is 8.36. The summed E-state index contributed by atoms with van der Waals surface area (Å²) in [6.07, 6.45) is -4.44. The van der Waals surface area contributed by atoms with E-state index in [4.69, 9.17) is 21.1 Å². The average molecular weight is 502 g/mol. The van der Waals surface area contributed by atoms with Gasteiger partial charge in [-0.1, -0.05) is 42.5 Å². The number of fused-ring (bicyclic) bond motifs is 1. The van der Waals surface area contributed by atoms with Crippen molar-refractivity contribution in [3.8, 4) is 11.5 Å². The van der Waals surface area contributed by atoms with E-state index in [1.54, 1.807) is 25.1 Å². The smallest absolute Gasteiger partial charge is 0.416 e. The molecule has 0 saturated carbocycles. The lowest BCUT2D eigenvalue weighted by Crippen LogP contribution is -2.14. The topological polar surface area (TPSA) is 56.3 Å². The Hall–Kier alpha value is -3.52. The second-order valence-electron chi connectivity index (χ2n) is 8.02. The van der Waals surface area contributed by atoms with Crippen LogP contribution in [0.4, 0.5) is 19.0 Å². The van der Waals surface area contributed by atoms with Crippen LogP contribution >= 0.6 is 11.6 Å². The summed E-state index contributed by atoms with van der Waals surface area (Å²) in [5, 5.41) is 3.79. The van der Waals surface area contributed by atoms with Crippen molar-refractivity contribution in [2.45, 2.75) is 32.7 Å². The van der Waals surface area contributed by atoms with Crippen LogP contribution in [0.25, 0.3) is 10.9 Å². The number of hydrogen-bond acceptors (Lipinski definition) is 5. The minimum atomic E-state index is -4.44. The molecule has 1 heterocycles. The van der Waals surface area contributed by atoms with Crippen molar-refractivity contribution in [1.29, 1.82) is 0 Å². The first kappa shape index (κ1) is 24.6. The molecule has 0 fully saturated rings. The van der Waals surface area contributed by atoms with E-state index in [2.05, 4.69) is 15.3 Å². The third kappa shape index (κ3) is 5.43. The summed E-state index contributed by atoms with van der Waals surface area (Å²) >= 11 is 6.16. The van der Waals surface area contributed by atoms with Gasteiger partial charge < -0.3 is 14.8 Å². The molecule has 5 nitrogen and oxygen atoms in total. The number of halogens is 4. The molecule has 1 aromatic heterocycles. The van der Waals surface area contributed by atoms with Crippen molar-refractivity contribution in [1.82, 2.24) is 9.97 Å². The van der Waals surface area contributed by atoms with Crippen molar-refractivity contribution in [3.63, 3.8) is 0 Å². The maximum Gasteiger partial charge on any atom is 0.416 e. The van der Waals surface area contributed by atoms with Crippen molar-refractivity contribution >= 4 is 28.3 Å². The quantitative estimate of drug-likeness (QED) is 0.268. The molecule has 0 spiro atoms. The zero-order valence-electron chi connectivity index (χ0n) is 19.3. The van der Waals surface area contributed by atoms with E-state index < -0.39 is 17.8 Å². The van der Waals surface area contributed by atoms with E-state index in [-0.39, 0.29) is 10.8 Å². The first-order valence-electron chi connectivity index (χ1n) is 10.8. The van der Waals surface area contributed by atoms with Crippen molar-refractivity contribution in [2.24, 2.45) is 0 Å². The maximum absolute atomic E-state index is 13.4. The van der Waals surface area contributed by atoms with Crippen molar-refractivity contribution in [2.75, 3.05) is 12.4 Å². The molecular formula is C26H23ClF3N3O2. The van der Waals surface area contributed by atoms with Gasteiger partial charge in [0, 0.05) is 11.5 Å². The normalized spacial score (nSPS) is 12.4. The van der Waals surface area contributed by atoms with Crippen LogP contribution in [0, 0.1) is 6.92 Å². The number of ether oxygens (including phenoxy) is 2. The first-order valence-corrected chi connectivity index (χ1v) is 11.2. The fourth-order valence-corrected chi connectivity index (χ4v) is 4.11. The van der Waals surface area contributed by atoms with Crippen LogP contribution in [0.5, 0.6) is 11.5 Å². The van der Waals surface area contributed by atoms with Crippen molar-refractivity contribution < 1.29 is 22.6 Å². The Balaban J connectivity index is 1.71. The average Bonchev–Trinajstić information content (AvgIpc) is 2.82. The molecule has 0 aliphatic carbocycles. The molecule has 9 heteroatoms. The fourth-order valence-electron chi connectivity index (χ4n) is 3.94. The third-order valence-electron chi connectivity index (χ3n) is 5.69. The van der Waals surface area contributed by atoms with E-state index in [1.807, 2.05) is 30.3 Å². The fraction of sp³-hybridized carbons (Fsp3) is 0.231. The highest BCUT2D eigenvalue weighted by Crippen LogP contribution is 2.38. The molecule has 35 heavy (non-hydrogen) atoms. The van der Waals surface area contributed by atoms with E-state index in [9.17, 15) is 13.2 Å². The minimum Gasteiger partial charge on any atom is -0.493 e. The van der Waals surface area contributed by atoms with Crippen molar-refractivity contribution in [3.05, 3.63) is 88.2 Å². The second kappa shape index (κ2) is 10.00. The number of aromatic nitrogens is 2. The molecule has 3 aromatic carbocycles. The first-order chi connectivity index (χ1) is 16.7. The van der Waals surface area contributed by atoms with E-state index in [1.165, 1.54) is 20.1 Å². The summed E-state index contributed by atoms with van der Waals surface area (Å²) in [6, 6.07) is 16.7. The highest BCUT2D eigenvalue weighted by atomic mass is 35.5. The number of anilines is 1. The molecule has 0 aliphatic heterocycles. The number of nitrogens with one attached hydrogen (secondary N) is 1. The van der Waals surface area contributed by atoms with E-state index >= 15 is 0 Å². The predicted molar refractivity (Wildman–Crippen MR) is 130 cm³/mol. The Kier molecular flexibility index (Phi) is 7.03. The highest BCUT2D eigenvalue weighted by Gasteiger charge is 2.33. The monoisotopic (exact) mass is 501 g/mol. The number of benzene rings is 3. The van der Waals surface area contributed by atoms with E-state index in [0.29, 0.717) is 40.4 Å². The minimum absolute atomic E-state index is 0.00651. The van der Waals surface area contributed by atoms with Gasteiger partial charge in [0.1, 0.15) is 12.4 Å². The molecule has 0 unspecified atom stereocenters. The lowest BCUT2D eigenvalue weighted by molar-refractivity contribution is -0.138. The largest absolute Gasteiger partial charge is 0.493 e. The predicted octanol–water partition coefficient (Wildman–Crippen LogP) is 7.37. The SMILES string of the molecule is COc1cc2nc(Cl)nc(N[C@H](C)c3cccc(C(F)(F)F)c3C)c2cc1OCc1ccccc1. The third-order valence-corrected chi connectivity index (χ3v) is 5.86. The van der Waals surface area contributed by atoms with Crippen LogP contribution < -0.4 is 14.8 Å². The van der Waals surface area contributed by atoms with Crippen LogP contribution in [-0.2, 0) is 12.8 Å². The number of rotatable bonds is 7.